The van der Waals surface area contributed by atoms with Gasteiger partial charge in [0, 0.05) is 12.5 Å². The number of hydrogen-bond donors (Lipinski definition) is 1. The molecule has 1 amide bonds. The number of fused-ring (bicyclic) bond motifs is 3. The van der Waals surface area contributed by atoms with Gasteiger partial charge in [0.05, 0.1) is 16.2 Å². The van der Waals surface area contributed by atoms with Crippen LogP contribution in [0.4, 0.5) is 9.18 Å². The van der Waals surface area contributed by atoms with Gasteiger partial charge in [-0.15, -0.1) is 0 Å². The molecule has 1 aliphatic heterocycles. The number of rotatable bonds is 6. The maximum atomic E-state index is 14.1. The van der Waals surface area contributed by atoms with Crippen LogP contribution in [0, 0.1) is 5.82 Å². The molecule has 5 nitrogen and oxygen atoms in total. The van der Waals surface area contributed by atoms with Gasteiger partial charge in [0.1, 0.15) is 12.4 Å². The van der Waals surface area contributed by atoms with Crippen LogP contribution in [-0.4, -0.2) is 37.6 Å². The highest BCUT2D eigenvalue weighted by molar-refractivity contribution is 6.56. The third kappa shape index (κ3) is 4.98. The van der Waals surface area contributed by atoms with Crippen molar-refractivity contribution in [1.29, 1.82) is 0 Å². The van der Waals surface area contributed by atoms with Gasteiger partial charge in [0.15, 0.2) is 0 Å². The predicted molar refractivity (Wildman–Crippen MR) is 149 cm³/mol. The van der Waals surface area contributed by atoms with Crippen LogP contribution in [0.15, 0.2) is 72.2 Å². The zero-order valence-electron chi connectivity index (χ0n) is 21.9. The van der Waals surface area contributed by atoms with Gasteiger partial charge in [-0.1, -0.05) is 78.3 Å². The fraction of sp³-hybridized carbons (Fsp3) is 0.300. The monoisotopic (exact) mass is 533 g/mol. The minimum absolute atomic E-state index is 0.0114. The van der Waals surface area contributed by atoms with E-state index in [4.69, 9.17) is 25.6 Å². The summed E-state index contributed by atoms with van der Waals surface area (Å²) in [4.78, 5) is 12.8. The predicted octanol–water partition coefficient (Wildman–Crippen LogP) is 7.03. The lowest BCUT2D eigenvalue weighted by atomic mass is 9.77. The Balaban J connectivity index is 1.31. The van der Waals surface area contributed by atoms with E-state index in [-0.39, 0.29) is 24.1 Å². The first kappa shape index (κ1) is 26.5. The number of hydrogen-bond acceptors (Lipinski definition) is 4. The third-order valence-electron chi connectivity index (χ3n) is 7.66. The van der Waals surface area contributed by atoms with Crippen molar-refractivity contribution in [2.75, 3.05) is 13.2 Å². The van der Waals surface area contributed by atoms with E-state index in [1.54, 1.807) is 18.2 Å². The number of amides is 1. The molecule has 5 rings (SSSR count). The van der Waals surface area contributed by atoms with Crippen molar-refractivity contribution < 1.29 is 23.2 Å². The van der Waals surface area contributed by atoms with Crippen molar-refractivity contribution in [2.24, 2.45) is 0 Å². The van der Waals surface area contributed by atoms with Crippen molar-refractivity contribution in [1.82, 2.24) is 5.32 Å². The maximum absolute atomic E-state index is 14.1. The molecule has 1 fully saturated rings. The van der Waals surface area contributed by atoms with Gasteiger partial charge in [-0.05, 0) is 67.1 Å². The van der Waals surface area contributed by atoms with Crippen LogP contribution in [-0.2, 0) is 14.0 Å². The summed E-state index contributed by atoms with van der Waals surface area (Å²) in [6.07, 6.45) is 1.12. The Bertz CT molecular complexity index is 1350. The first-order valence-corrected chi connectivity index (χ1v) is 13.0. The quantitative estimate of drug-likeness (QED) is 0.346. The van der Waals surface area contributed by atoms with E-state index in [1.165, 1.54) is 6.07 Å². The molecule has 3 aromatic rings. The average Bonchev–Trinajstić information content (AvgIpc) is 3.32. The molecule has 0 radical (unpaired) electrons. The molecule has 1 saturated heterocycles. The van der Waals surface area contributed by atoms with Crippen molar-refractivity contribution in [2.45, 2.75) is 44.8 Å². The van der Waals surface area contributed by atoms with Gasteiger partial charge in [0.2, 0.25) is 0 Å². The van der Waals surface area contributed by atoms with E-state index in [2.05, 4.69) is 29.6 Å². The Labute approximate surface area is 228 Å². The molecule has 2 aliphatic rings. The van der Waals surface area contributed by atoms with Crippen LogP contribution in [0.1, 0.15) is 50.3 Å². The molecule has 1 aliphatic carbocycles. The van der Waals surface area contributed by atoms with Gasteiger partial charge >= 0.3 is 13.2 Å². The van der Waals surface area contributed by atoms with Crippen molar-refractivity contribution in [3.05, 3.63) is 99.7 Å². The fourth-order valence-electron chi connectivity index (χ4n) is 4.85. The van der Waals surface area contributed by atoms with Crippen LogP contribution in [0.2, 0.25) is 5.02 Å². The molecule has 0 spiro atoms. The Morgan fingerprint density at radius 2 is 1.55 bits per heavy atom. The highest BCUT2D eigenvalue weighted by Crippen LogP contribution is 2.44. The first-order chi connectivity index (χ1) is 18.1. The number of halogens is 2. The SMILES string of the molecule is CC1(C)OB(C(=Cc2cccc(F)c2Cl)CNC(=O)OCC2c3ccccc3-c3ccccc32)OC1(C)C. The lowest BCUT2D eigenvalue weighted by Gasteiger charge is -2.32. The Morgan fingerprint density at radius 3 is 2.16 bits per heavy atom. The molecule has 38 heavy (non-hydrogen) atoms. The number of ether oxygens (including phenoxy) is 1. The first-order valence-electron chi connectivity index (χ1n) is 12.7. The van der Waals surface area contributed by atoms with Crippen molar-refractivity contribution in [3.8, 4) is 11.1 Å². The standard InChI is InChI=1S/C30H30BClFNO4/c1-29(2)30(3,4)38-31(37-29)20(16-19-10-9-15-26(33)27(19)32)17-34-28(35)36-18-25-23-13-7-5-11-21(23)22-12-6-8-14-24(22)25/h5-16,25H,17-18H2,1-4H3,(H,34,35). The van der Waals surface area contributed by atoms with Gasteiger partial charge < -0.3 is 19.4 Å². The smallest absolute Gasteiger partial charge is 0.449 e. The van der Waals surface area contributed by atoms with Crippen LogP contribution in [0.5, 0.6) is 0 Å². The van der Waals surface area contributed by atoms with Gasteiger partial charge in [0.25, 0.3) is 0 Å². The maximum Gasteiger partial charge on any atom is 0.492 e. The summed E-state index contributed by atoms with van der Waals surface area (Å²) in [6.45, 7) is 8.04. The van der Waals surface area contributed by atoms with E-state index in [9.17, 15) is 9.18 Å². The second-order valence-corrected chi connectivity index (χ2v) is 11.0. The van der Waals surface area contributed by atoms with E-state index < -0.39 is 30.2 Å². The normalized spacial score (nSPS) is 17.7. The van der Waals surface area contributed by atoms with Crippen LogP contribution < -0.4 is 5.32 Å². The molecule has 0 saturated carbocycles. The molecule has 1 N–H and O–H groups in total. The van der Waals surface area contributed by atoms with Crippen LogP contribution in [0.3, 0.4) is 0 Å². The summed E-state index contributed by atoms with van der Waals surface area (Å²) in [5.41, 5.74) is 4.47. The number of carbonyl (C=O) groups excluding carboxylic acids is 1. The molecule has 1 heterocycles. The van der Waals surface area contributed by atoms with Crippen LogP contribution >= 0.6 is 11.6 Å². The molecule has 0 bridgehead atoms. The molecule has 3 aromatic carbocycles. The molecular formula is C30H30BClFNO4. The number of benzene rings is 3. The van der Waals surface area contributed by atoms with Crippen molar-refractivity contribution in [3.63, 3.8) is 0 Å². The number of nitrogens with one attached hydrogen (secondary N) is 1. The highest BCUT2D eigenvalue weighted by atomic mass is 35.5. The Kier molecular flexibility index (Phi) is 7.12. The lowest BCUT2D eigenvalue weighted by Crippen LogP contribution is -2.41. The second kappa shape index (κ2) is 10.2. The molecular weight excluding hydrogens is 504 g/mol. The minimum atomic E-state index is -0.756. The van der Waals surface area contributed by atoms with Gasteiger partial charge in [-0.3, -0.25) is 0 Å². The van der Waals surface area contributed by atoms with Crippen molar-refractivity contribution >= 4 is 30.9 Å². The van der Waals surface area contributed by atoms with E-state index >= 15 is 0 Å². The topological polar surface area (TPSA) is 56.8 Å². The summed E-state index contributed by atoms with van der Waals surface area (Å²) in [7, 11) is -0.756. The molecule has 0 atom stereocenters. The lowest BCUT2D eigenvalue weighted by molar-refractivity contribution is 0.00578. The van der Waals surface area contributed by atoms with E-state index in [1.807, 2.05) is 52.0 Å². The number of carbonyl (C=O) groups is 1. The minimum Gasteiger partial charge on any atom is -0.449 e. The Morgan fingerprint density at radius 1 is 0.974 bits per heavy atom. The summed E-state index contributed by atoms with van der Waals surface area (Å²) >= 11 is 6.21. The van der Waals surface area contributed by atoms with Gasteiger partial charge in [-0.25, -0.2) is 9.18 Å². The zero-order valence-corrected chi connectivity index (χ0v) is 22.6. The highest BCUT2D eigenvalue weighted by Gasteiger charge is 2.52. The summed E-state index contributed by atoms with van der Waals surface area (Å²) in [6, 6.07) is 20.9. The second-order valence-electron chi connectivity index (χ2n) is 10.6. The average molecular weight is 534 g/mol. The molecule has 0 aromatic heterocycles. The Hall–Kier alpha value is -3.13. The fourth-order valence-corrected chi connectivity index (χ4v) is 5.03. The summed E-state index contributed by atoms with van der Waals surface area (Å²) < 4.78 is 32.2. The zero-order chi connectivity index (χ0) is 27.1. The van der Waals surface area contributed by atoms with E-state index in [0.29, 0.717) is 11.0 Å². The van der Waals surface area contributed by atoms with E-state index in [0.717, 1.165) is 22.3 Å². The molecule has 8 heteroatoms. The number of alkyl carbamates (subject to hydrolysis) is 1. The van der Waals surface area contributed by atoms with Gasteiger partial charge in [-0.2, -0.15) is 0 Å². The molecule has 196 valence electrons. The third-order valence-corrected chi connectivity index (χ3v) is 8.06. The van der Waals surface area contributed by atoms with Crippen LogP contribution in [0.25, 0.3) is 17.2 Å². The summed E-state index contributed by atoms with van der Waals surface area (Å²) in [5, 5.41) is 2.80. The largest absolute Gasteiger partial charge is 0.492 e. The molecule has 0 unspecified atom stereocenters. The summed E-state index contributed by atoms with van der Waals surface area (Å²) in [5.74, 6) is -0.574.